The van der Waals surface area contributed by atoms with Gasteiger partial charge in [-0.1, -0.05) is 11.8 Å². The van der Waals surface area contributed by atoms with Gasteiger partial charge in [-0.25, -0.2) is 4.98 Å². The van der Waals surface area contributed by atoms with Crippen LogP contribution >= 0.6 is 34.4 Å². The highest BCUT2D eigenvalue weighted by atomic mass is 32.2. The number of aromatic nitrogens is 1. The average Bonchev–Trinajstić information content (AvgIpc) is 3.20. The number of carbonyl (C=O) groups excluding carboxylic acids is 3. The molecule has 0 radical (unpaired) electrons. The molecule has 2 rings (SSSR count). The van der Waals surface area contributed by atoms with Crippen molar-refractivity contribution in [2.24, 2.45) is 0 Å². The standard InChI is InChI=1S/C16H18N2O4S3/c1-3-22-15(21)6-11-8-23-16(18-11)24-9-13(20)14-5-4-12(25-14)7-17-10(2)19/h4-5,8H,3,6-7,9H2,1-2H3,(H,17,19). The average molecular weight is 399 g/mol. The van der Waals surface area contributed by atoms with E-state index in [1.165, 1.54) is 41.4 Å². The van der Waals surface area contributed by atoms with E-state index >= 15 is 0 Å². The van der Waals surface area contributed by atoms with Crippen molar-refractivity contribution in [1.82, 2.24) is 10.3 Å². The second kappa shape index (κ2) is 9.69. The van der Waals surface area contributed by atoms with E-state index in [0.717, 1.165) is 9.22 Å². The Hall–Kier alpha value is -1.71. The fourth-order valence-electron chi connectivity index (χ4n) is 1.83. The highest BCUT2D eigenvalue weighted by Gasteiger charge is 2.13. The number of ketones is 1. The second-order valence-corrected chi connectivity index (χ2v) is 8.22. The summed E-state index contributed by atoms with van der Waals surface area (Å²) in [7, 11) is 0. The molecule has 0 unspecified atom stereocenters. The molecule has 1 N–H and O–H groups in total. The van der Waals surface area contributed by atoms with Gasteiger partial charge in [0.05, 0.1) is 35.9 Å². The van der Waals surface area contributed by atoms with Crippen LogP contribution in [0.15, 0.2) is 21.9 Å². The molecule has 0 aromatic carbocycles. The molecule has 0 bridgehead atoms. The summed E-state index contributed by atoms with van der Waals surface area (Å²) < 4.78 is 5.64. The Morgan fingerprint density at radius 3 is 2.84 bits per heavy atom. The van der Waals surface area contributed by atoms with E-state index in [2.05, 4.69) is 10.3 Å². The fraction of sp³-hybridized carbons (Fsp3) is 0.375. The topological polar surface area (TPSA) is 85.4 Å². The number of carbonyl (C=O) groups is 3. The zero-order chi connectivity index (χ0) is 18.2. The summed E-state index contributed by atoms with van der Waals surface area (Å²) in [5, 5.41) is 4.51. The van der Waals surface area contributed by atoms with Crippen LogP contribution in [0, 0.1) is 0 Å². The number of amides is 1. The Kier molecular flexibility index (Phi) is 7.60. The summed E-state index contributed by atoms with van der Waals surface area (Å²) >= 11 is 4.15. The van der Waals surface area contributed by atoms with Gasteiger partial charge in [-0.3, -0.25) is 14.4 Å². The van der Waals surface area contributed by atoms with Crippen molar-refractivity contribution in [2.45, 2.75) is 31.2 Å². The number of thioether (sulfide) groups is 1. The molecule has 134 valence electrons. The number of thiophene rings is 1. The molecule has 0 atom stereocenters. The number of hydrogen-bond donors (Lipinski definition) is 1. The van der Waals surface area contributed by atoms with Gasteiger partial charge in [0.2, 0.25) is 5.91 Å². The Morgan fingerprint density at radius 2 is 2.12 bits per heavy atom. The Morgan fingerprint density at radius 1 is 1.32 bits per heavy atom. The van der Waals surface area contributed by atoms with Gasteiger partial charge in [0.25, 0.3) is 0 Å². The summed E-state index contributed by atoms with van der Waals surface area (Å²) in [6.07, 6.45) is 0.149. The van der Waals surface area contributed by atoms with Crippen molar-refractivity contribution in [3.63, 3.8) is 0 Å². The Balaban J connectivity index is 1.83. The van der Waals surface area contributed by atoms with E-state index in [1.54, 1.807) is 18.4 Å². The Bertz CT molecular complexity index is 754. The molecule has 2 heterocycles. The predicted octanol–water partition coefficient (Wildman–Crippen LogP) is 2.92. The molecule has 2 aromatic heterocycles. The summed E-state index contributed by atoms with van der Waals surface area (Å²) in [6.45, 7) is 4.01. The van der Waals surface area contributed by atoms with E-state index in [1.807, 2.05) is 6.07 Å². The van der Waals surface area contributed by atoms with E-state index in [-0.39, 0.29) is 29.8 Å². The van der Waals surface area contributed by atoms with Crippen molar-refractivity contribution >= 4 is 52.1 Å². The molecule has 9 heteroatoms. The lowest BCUT2D eigenvalue weighted by molar-refractivity contribution is -0.142. The molecular formula is C16H18N2O4S3. The van der Waals surface area contributed by atoms with Gasteiger partial charge < -0.3 is 10.1 Å². The minimum Gasteiger partial charge on any atom is -0.466 e. The number of hydrogen-bond acceptors (Lipinski definition) is 8. The molecule has 6 nitrogen and oxygen atoms in total. The minimum atomic E-state index is -0.300. The Labute approximate surface area is 158 Å². The van der Waals surface area contributed by atoms with Gasteiger partial charge in [0, 0.05) is 17.2 Å². The van der Waals surface area contributed by atoms with Crippen LogP contribution in [0.2, 0.25) is 0 Å². The van der Waals surface area contributed by atoms with Crippen LogP contribution < -0.4 is 5.32 Å². The SMILES string of the molecule is CCOC(=O)Cc1csc(SCC(=O)c2ccc(CNC(C)=O)s2)n1. The monoisotopic (exact) mass is 398 g/mol. The quantitative estimate of drug-likeness (QED) is 0.397. The van der Waals surface area contributed by atoms with Gasteiger partial charge in [-0.05, 0) is 19.1 Å². The first kappa shape index (κ1) is 19.6. The van der Waals surface area contributed by atoms with Crippen molar-refractivity contribution in [2.75, 3.05) is 12.4 Å². The fourth-order valence-corrected chi connectivity index (χ4v) is 4.53. The molecule has 0 saturated carbocycles. The third kappa shape index (κ3) is 6.60. The van der Waals surface area contributed by atoms with Gasteiger partial charge in [0.15, 0.2) is 10.1 Å². The van der Waals surface area contributed by atoms with Gasteiger partial charge in [0.1, 0.15) is 0 Å². The maximum atomic E-state index is 12.2. The normalized spacial score (nSPS) is 10.5. The number of esters is 1. The van der Waals surface area contributed by atoms with Crippen LogP contribution in [0.3, 0.4) is 0 Å². The molecule has 0 aliphatic carbocycles. The molecule has 0 saturated heterocycles. The number of ether oxygens (including phenoxy) is 1. The molecule has 0 fully saturated rings. The molecule has 0 aliphatic rings. The highest BCUT2D eigenvalue weighted by molar-refractivity contribution is 8.01. The summed E-state index contributed by atoms with van der Waals surface area (Å²) in [4.78, 5) is 40.5. The minimum absolute atomic E-state index is 0.0196. The molecule has 2 aromatic rings. The maximum absolute atomic E-state index is 12.2. The first-order valence-corrected chi connectivity index (χ1v) is 10.2. The lowest BCUT2D eigenvalue weighted by Crippen LogP contribution is -2.18. The van der Waals surface area contributed by atoms with Gasteiger partial charge in [-0.15, -0.1) is 22.7 Å². The van der Waals surface area contributed by atoms with E-state index in [4.69, 9.17) is 4.74 Å². The van der Waals surface area contributed by atoms with Gasteiger partial charge in [-0.2, -0.15) is 0 Å². The predicted molar refractivity (Wildman–Crippen MR) is 99.3 cm³/mol. The number of thiazole rings is 1. The number of Topliss-reactive ketones (excluding diaryl/α,β-unsaturated/α-hetero) is 1. The lowest BCUT2D eigenvalue weighted by Gasteiger charge is -1.98. The van der Waals surface area contributed by atoms with E-state index in [0.29, 0.717) is 23.7 Å². The smallest absolute Gasteiger partial charge is 0.311 e. The van der Waals surface area contributed by atoms with Crippen LogP contribution in [0.1, 0.15) is 34.1 Å². The van der Waals surface area contributed by atoms with Gasteiger partial charge >= 0.3 is 5.97 Å². The summed E-state index contributed by atoms with van der Waals surface area (Å²) in [5.74, 6) is -0.0944. The van der Waals surface area contributed by atoms with E-state index < -0.39 is 0 Å². The first-order chi connectivity index (χ1) is 12.0. The zero-order valence-electron chi connectivity index (χ0n) is 13.9. The van der Waals surface area contributed by atoms with Crippen LogP contribution in [-0.4, -0.2) is 35.0 Å². The van der Waals surface area contributed by atoms with Crippen molar-refractivity contribution in [3.05, 3.63) is 33.0 Å². The highest BCUT2D eigenvalue weighted by Crippen LogP contribution is 2.25. The summed E-state index contributed by atoms with van der Waals surface area (Å²) in [5.41, 5.74) is 0.659. The third-order valence-electron chi connectivity index (χ3n) is 2.94. The van der Waals surface area contributed by atoms with Crippen molar-refractivity contribution < 1.29 is 19.1 Å². The third-order valence-corrected chi connectivity index (χ3v) is 6.13. The van der Waals surface area contributed by atoms with Crippen molar-refractivity contribution in [3.8, 4) is 0 Å². The van der Waals surface area contributed by atoms with Crippen LogP contribution in [-0.2, 0) is 27.3 Å². The largest absolute Gasteiger partial charge is 0.466 e. The molecule has 1 amide bonds. The second-order valence-electron chi connectivity index (χ2n) is 4.97. The maximum Gasteiger partial charge on any atom is 0.311 e. The van der Waals surface area contributed by atoms with E-state index in [9.17, 15) is 14.4 Å². The number of nitrogens with zero attached hydrogens (tertiary/aromatic N) is 1. The molecular weight excluding hydrogens is 380 g/mol. The van der Waals surface area contributed by atoms with Crippen LogP contribution in [0.25, 0.3) is 0 Å². The van der Waals surface area contributed by atoms with Crippen LogP contribution in [0.5, 0.6) is 0 Å². The number of nitrogens with one attached hydrogen (secondary N) is 1. The lowest BCUT2D eigenvalue weighted by atomic mass is 10.3. The molecule has 25 heavy (non-hydrogen) atoms. The first-order valence-electron chi connectivity index (χ1n) is 7.57. The van der Waals surface area contributed by atoms with Crippen LogP contribution in [0.4, 0.5) is 0 Å². The molecule has 0 spiro atoms. The van der Waals surface area contributed by atoms with Crippen molar-refractivity contribution in [1.29, 1.82) is 0 Å². The number of rotatable bonds is 9. The summed E-state index contributed by atoms with van der Waals surface area (Å²) in [6, 6.07) is 3.62. The molecule has 0 aliphatic heterocycles. The zero-order valence-corrected chi connectivity index (χ0v) is 16.3.